The number of fused-ring (bicyclic) bond motifs is 1. The zero-order valence-electron chi connectivity index (χ0n) is 13.7. The van der Waals surface area contributed by atoms with Crippen LogP contribution in [0.4, 0.5) is 11.4 Å². The Kier molecular flexibility index (Phi) is 3.96. The average molecular weight is 328 g/mol. The SMILES string of the molecule is COc1ccc(-c2cc(Nc3ccnnc3)c3ccccc3n2)cc1. The van der Waals surface area contributed by atoms with Crippen LogP contribution in [-0.4, -0.2) is 22.3 Å². The van der Waals surface area contributed by atoms with Crippen molar-refractivity contribution < 1.29 is 4.74 Å². The van der Waals surface area contributed by atoms with Gasteiger partial charge in [0.1, 0.15) is 5.75 Å². The van der Waals surface area contributed by atoms with E-state index in [1.807, 2.05) is 54.6 Å². The van der Waals surface area contributed by atoms with Crippen molar-refractivity contribution in [2.75, 3.05) is 12.4 Å². The summed E-state index contributed by atoms with van der Waals surface area (Å²) in [5.74, 6) is 0.825. The molecule has 2 aromatic heterocycles. The van der Waals surface area contributed by atoms with Gasteiger partial charge in [-0.25, -0.2) is 4.98 Å². The number of methoxy groups -OCH3 is 1. The number of hydrogen-bond donors (Lipinski definition) is 1. The molecule has 1 N–H and O–H groups in total. The van der Waals surface area contributed by atoms with E-state index in [-0.39, 0.29) is 0 Å². The fourth-order valence-electron chi connectivity index (χ4n) is 2.71. The number of benzene rings is 2. The number of pyridine rings is 1. The monoisotopic (exact) mass is 328 g/mol. The van der Waals surface area contributed by atoms with Gasteiger partial charge in [-0.1, -0.05) is 18.2 Å². The minimum Gasteiger partial charge on any atom is -0.497 e. The molecule has 0 atom stereocenters. The molecule has 4 aromatic rings. The van der Waals surface area contributed by atoms with Crippen molar-refractivity contribution in [1.82, 2.24) is 15.2 Å². The lowest BCUT2D eigenvalue weighted by atomic mass is 10.1. The van der Waals surface area contributed by atoms with E-state index >= 15 is 0 Å². The van der Waals surface area contributed by atoms with Crippen LogP contribution in [0.5, 0.6) is 5.75 Å². The van der Waals surface area contributed by atoms with Gasteiger partial charge in [0.25, 0.3) is 0 Å². The Labute approximate surface area is 145 Å². The lowest BCUT2D eigenvalue weighted by Crippen LogP contribution is -1.96. The molecule has 0 aliphatic carbocycles. The number of rotatable bonds is 4. The summed E-state index contributed by atoms with van der Waals surface area (Å²) in [5.41, 5.74) is 4.71. The van der Waals surface area contributed by atoms with Crippen LogP contribution in [0.25, 0.3) is 22.2 Å². The van der Waals surface area contributed by atoms with Crippen LogP contribution in [0.3, 0.4) is 0 Å². The highest BCUT2D eigenvalue weighted by molar-refractivity contribution is 5.95. The second kappa shape index (κ2) is 6.57. The zero-order valence-corrected chi connectivity index (χ0v) is 13.7. The van der Waals surface area contributed by atoms with Crippen LogP contribution in [0, 0.1) is 0 Å². The molecule has 0 saturated carbocycles. The molecule has 0 aliphatic heterocycles. The Hall–Kier alpha value is -3.47. The highest BCUT2D eigenvalue weighted by Gasteiger charge is 2.08. The summed E-state index contributed by atoms with van der Waals surface area (Å²) in [4.78, 5) is 4.79. The van der Waals surface area contributed by atoms with Crippen molar-refractivity contribution in [3.63, 3.8) is 0 Å². The lowest BCUT2D eigenvalue weighted by molar-refractivity contribution is 0.415. The van der Waals surface area contributed by atoms with Gasteiger partial charge in [0, 0.05) is 10.9 Å². The average Bonchev–Trinajstić information content (AvgIpc) is 2.69. The quantitative estimate of drug-likeness (QED) is 0.600. The minimum absolute atomic E-state index is 0.825. The van der Waals surface area contributed by atoms with Crippen molar-refractivity contribution >= 4 is 22.3 Å². The Bertz CT molecular complexity index is 1000. The van der Waals surface area contributed by atoms with Gasteiger partial charge in [0.05, 0.1) is 42.1 Å². The molecule has 122 valence electrons. The van der Waals surface area contributed by atoms with Crippen LogP contribution in [0.2, 0.25) is 0 Å². The third-order valence-electron chi connectivity index (χ3n) is 3.97. The van der Waals surface area contributed by atoms with Crippen LogP contribution in [0.1, 0.15) is 0 Å². The number of para-hydroxylation sites is 1. The first-order valence-electron chi connectivity index (χ1n) is 7.91. The minimum atomic E-state index is 0.825. The molecule has 5 heteroatoms. The normalized spacial score (nSPS) is 10.6. The van der Waals surface area contributed by atoms with Gasteiger partial charge in [0.15, 0.2) is 0 Å². The van der Waals surface area contributed by atoms with Gasteiger partial charge < -0.3 is 10.1 Å². The lowest BCUT2D eigenvalue weighted by Gasteiger charge is -2.12. The molecule has 25 heavy (non-hydrogen) atoms. The molecule has 0 bridgehead atoms. The first-order chi connectivity index (χ1) is 12.3. The fraction of sp³-hybridized carbons (Fsp3) is 0.0500. The van der Waals surface area contributed by atoms with E-state index in [1.165, 1.54) is 0 Å². The molecule has 0 unspecified atom stereocenters. The number of hydrogen-bond acceptors (Lipinski definition) is 5. The molecule has 5 nitrogen and oxygen atoms in total. The van der Waals surface area contributed by atoms with E-state index < -0.39 is 0 Å². The molecule has 0 aliphatic rings. The molecule has 0 saturated heterocycles. The van der Waals surface area contributed by atoms with Crippen molar-refractivity contribution in [3.05, 3.63) is 73.1 Å². The molecule has 4 rings (SSSR count). The number of aromatic nitrogens is 3. The smallest absolute Gasteiger partial charge is 0.118 e. The van der Waals surface area contributed by atoms with Gasteiger partial charge in [-0.2, -0.15) is 10.2 Å². The van der Waals surface area contributed by atoms with Crippen LogP contribution < -0.4 is 10.1 Å². The molecule has 0 fully saturated rings. The fourth-order valence-corrected chi connectivity index (χ4v) is 2.71. The third kappa shape index (κ3) is 3.12. The number of nitrogens with one attached hydrogen (secondary N) is 1. The van der Waals surface area contributed by atoms with Gasteiger partial charge in [-0.15, -0.1) is 0 Å². The summed E-state index contributed by atoms with van der Waals surface area (Å²) in [6, 6.07) is 19.9. The van der Waals surface area contributed by atoms with Crippen molar-refractivity contribution in [1.29, 1.82) is 0 Å². The highest BCUT2D eigenvalue weighted by atomic mass is 16.5. The van der Waals surface area contributed by atoms with Crippen molar-refractivity contribution in [3.8, 4) is 17.0 Å². The molecule has 2 aromatic carbocycles. The summed E-state index contributed by atoms with van der Waals surface area (Å²) in [5, 5.41) is 12.2. The summed E-state index contributed by atoms with van der Waals surface area (Å²) >= 11 is 0. The van der Waals surface area contributed by atoms with E-state index in [2.05, 4.69) is 21.6 Å². The largest absolute Gasteiger partial charge is 0.497 e. The second-order valence-corrected chi connectivity index (χ2v) is 5.56. The summed E-state index contributed by atoms with van der Waals surface area (Å²) in [7, 11) is 1.66. The molecular formula is C20H16N4O. The number of anilines is 2. The summed E-state index contributed by atoms with van der Waals surface area (Å²) in [6.45, 7) is 0. The van der Waals surface area contributed by atoms with E-state index in [0.717, 1.165) is 39.3 Å². The first-order valence-corrected chi connectivity index (χ1v) is 7.91. The maximum atomic E-state index is 5.23. The van der Waals surface area contributed by atoms with E-state index in [0.29, 0.717) is 0 Å². The third-order valence-corrected chi connectivity index (χ3v) is 3.97. The van der Waals surface area contributed by atoms with Crippen LogP contribution >= 0.6 is 0 Å². The maximum Gasteiger partial charge on any atom is 0.118 e. The first kappa shape index (κ1) is 15.1. The predicted molar refractivity (Wildman–Crippen MR) is 99.0 cm³/mol. The highest BCUT2D eigenvalue weighted by Crippen LogP contribution is 2.30. The molecule has 0 radical (unpaired) electrons. The van der Waals surface area contributed by atoms with E-state index in [4.69, 9.17) is 9.72 Å². The van der Waals surface area contributed by atoms with Gasteiger partial charge in [0.2, 0.25) is 0 Å². The molecular weight excluding hydrogens is 312 g/mol. The van der Waals surface area contributed by atoms with Gasteiger partial charge >= 0.3 is 0 Å². The van der Waals surface area contributed by atoms with Gasteiger partial charge in [-0.3, -0.25) is 0 Å². The molecule has 0 amide bonds. The van der Waals surface area contributed by atoms with Crippen LogP contribution in [-0.2, 0) is 0 Å². The van der Waals surface area contributed by atoms with E-state index in [1.54, 1.807) is 19.5 Å². The van der Waals surface area contributed by atoms with Crippen LogP contribution in [0.15, 0.2) is 73.1 Å². The Balaban J connectivity index is 1.82. The van der Waals surface area contributed by atoms with Crippen molar-refractivity contribution in [2.24, 2.45) is 0 Å². The topological polar surface area (TPSA) is 59.9 Å². The maximum absolute atomic E-state index is 5.23. The second-order valence-electron chi connectivity index (χ2n) is 5.56. The molecule has 0 spiro atoms. The van der Waals surface area contributed by atoms with Gasteiger partial charge in [-0.05, 0) is 42.5 Å². The van der Waals surface area contributed by atoms with Crippen molar-refractivity contribution in [2.45, 2.75) is 0 Å². The number of ether oxygens (including phenoxy) is 1. The Morgan fingerprint density at radius 2 is 1.76 bits per heavy atom. The number of nitrogens with zero attached hydrogens (tertiary/aromatic N) is 3. The Morgan fingerprint density at radius 1 is 0.920 bits per heavy atom. The standard InChI is InChI=1S/C20H16N4O/c1-25-16-8-6-14(7-9-16)19-12-20(23-15-10-11-21-22-13-15)17-4-2-3-5-18(17)24-19/h2-13H,1H3,(H,21,23,24). The van der Waals surface area contributed by atoms with E-state index in [9.17, 15) is 0 Å². The Morgan fingerprint density at radius 3 is 2.52 bits per heavy atom. The molecule has 2 heterocycles. The summed E-state index contributed by atoms with van der Waals surface area (Å²) in [6.07, 6.45) is 3.36. The zero-order chi connectivity index (χ0) is 17.1. The summed E-state index contributed by atoms with van der Waals surface area (Å²) < 4.78 is 5.23. The predicted octanol–water partition coefficient (Wildman–Crippen LogP) is 4.44.